The van der Waals surface area contributed by atoms with E-state index in [-0.39, 0.29) is 24.1 Å². The number of hydrogen-bond acceptors (Lipinski definition) is 6. The summed E-state index contributed by atoms with van der Waals surface area (Å²) < 4.78 is 26.5. The Labute approximate surface area is 199 Å². The van der Waals surface area contributed by atoms with Gasteiger partial charge in [-0.2, -0.15) is 0 Å². The summed E-state index contributed by atoms with van der Waals surface area (Å²) in [5, 5.41) is 10.9. The lowest BCUT2D eigenvalue weighted by Crippen LogP contribution is -2.21. The number of thiophene rings is 1. The summed E-state index contributed by atoms with van der Waals surface area (Å²) in [7, 11) is 1.57. The second kappa shape index (κ2) is 9.79. The first-order chi connectivity index (χ1) is 16.3. The molecule has 0 radical (unpaired) electrons. The topological polar surface area (TPSA) is 77.8 Å². The molecule has 0 fully saturated rings. The number of esters is 1. The van der Waals surface area contributed by atoms with Gasteiger partial charge in [-0.1, -0.05) is 18.2 Å². The number of carbonyl (C=O) groups is 1. The number of pyridine rings is 1. The fraction of sp³-hybridized carbons (Fsp3) is 0.231. The normalized spacial score (nSPS) is 12.0. The highest BCUT2D eigenvalue weighted by Gasteiger charge is 2.26. The van der Waals surface area contributed by atoms with Gasteiger partial charge in [0.25, 0.3) is 0 Å². The van der Waals surface area contributed by atoms with Crippen LogP contribution in [0.3, 0.4) is 0 Å². The molecule has 4 rings (SSSR count). The molecule has 1 N–H and O–H groups in total. The molecule has 6 nitrogen and oxygen atoms in total. The molecule has 34 heavy (non-hydrogen) atoms. The van der Waals surface area contributed by atoms with Gasteiger partial charge in [-0.3, -0.25) is 4.79 Å². The minimum absolute atomic E-state index is 0.0949. The van der Waals surface area contributed by atoms with E-state index in [1.807, 2.05) is 12.1 Å². The minimum atomic E-state index is -0.988. The average molecular weight is 482 g/mol. The summed E-state index contributed by atoms with van der Waals surface area (Å²) in [6.07, 6.45) is 0.424. The van der Waals surface area contributed by atoms with Crippen LogP contribution >= 0.6 is 11.3 Å². The van der Waals surface area contributed by atoms with E-state index in [4.69, 9.17) is 9.47 Å². The molecule has 0 saturated carbocycles. The molecule has 8 heteroatoms. The van der Waals surface area contributed by atoms with Crippen LogP contribution in [0.2, 0.25) is 0 Å². The first kappa shape index (κ1) is 23.7. The van der Waals surface area contributed by atoms with Gasteiger partial charge in [0.2, 0.25) is 5.43 Å². The molecular formula is C26H24FNO5S. The van der Waals surface area contributed by atoms with Crippen LogP contribution in [0.15, 0.2) is 59.5 Å². The van der Waals surface area contributed by atoms with Crippen LogP contribution in [-0.2, 0) is 11.3 Å². The number of aliphatic hydroxyl groups excluding tert-OH is 1. The number of rotatable bonds is 7. The van der Waals surface area contributed by atoms with Crippen molar-refractivity contribution in [1.29, 1.82) is 0 Å². The number of ether oxygens (including phenoxy) is 2. The number of carbonyl (C=O) groups excluding carboxylic acids is 1. The van der Waals surface area contributed by atoms with Gasteiger partial charge in [0.1, 0.15) is 22.0 Å². The molecule has 0 aliphatic heterocycles. The van der Waals surface area contributed by atoms with Crippen molar-refractivity contribution in [3.8, 4) is 16.2 Å². The summed E-state index contributed by atoms with van der Waals surface area (Å²) in [5.74, 6) is -0.479. The maximum atomic E-state index is 14.5. The number of fused-ring (bicyclic) bond motifs is 1. The fourth-order valence-electron chi connectivity index (χ4n) is 3.90. The lowest BCUT2D eigenvalue weighted by molar-refractivity contribution is 0.0524. The highest BCUT2D eigenvalue weighted by Crippen LogP contribution is 2.41. The highest BCUT2D eigenvalue weighted by molar-refractivity contribution is 7.22. The van der Waals surface area contributed by atoms with Gasteiger partial charge in [0, 0.05) is 22.2 Å². The molecule has 0 saturated heterocycles. The van der Waals surface area contributed by atoms with Crippen molar-refractivity contribution in [3.63, 3.8) is 0 Å². The Hall–Kier alpha value is -3.49. The quantitative estimate of drug-likeness (QED) is 0.369. The molecular weight excluding hydrogens is 457 g/mol. The Kier molecular flexibility index (Phi) is 6.81. The highest BCUT2D eigenvalue weighted by atomic mass is 32.1. The molecule has 1 unspecified atom stereocenters. The maximum absolute atomic E-state index is 14.5. The first-order valence-electron chi connectivity index (χ1n) is 10.8. The summed E-state index contributed by atoms with van der Waals surface area (Å²) in [6.45, 7) is 3.43. The third-order valence-electron chi connectivity index (χ3n) is 5.51. The van der Waals surface area contributed by atoms with Gasteiger partial charge in [0.15, 0.2) is 0 Å². The molecule has 2 heterocycles. The van der Waals surface area contributed by atoms with Crippen LogP contribution in [0.25, 0.3) is 20.7 Å². The monoisotopic (exact) mass is 481 g/mol. The van der Waals surface area contributed by atoms with E-state index < -0.39 is 23.3 Å². The third kappa shape index (κ3) is 4.34. The number of aromatic nitrogens is 1. The smallest absolute Gasteiger partial charge is 0.343 e. The Bertz CT molecular complexity index is 1410. The summed E-state index contributed by atoms with van der Waals surface area (Å²) in [5.41, 5.74) is 0.924. The van der Waals surface area contributed by atoms with Crippen molar-refractivity contribution in [3.05, 3.63) is 87.5 Å². The van der Waals surface area contributed by atoms with Gasteiger partial charge in [-0.05, 0) is 49.7 Å². The largest absolute Gasteiger partial charge is 0.497 e. The van der Waals surface area contributed by atoms with Crippen molar-refractivity contribution in [2.45, 2.75) is 26.5 Å². The van der Waals surface area contributed by atoms with Gasteiger partial charge in [-0.15, -0.1) is 11.3 Å². The van der Waals surface area contributed by atoms with Crippen molar-refractivity contribution in [2.24, 2.45) is 0 Å². The summed E-state index contributed by atoms with van der Waals surface area (Å²) in [6, 6.07) is 13.6. The van der Waals surface area contributed by atoms with E-state index in [0.29, 0.717) is 26.6 Å². The SMILES string of the molecule is CCOC(=O)c1cn(Cc2ccccc2F)c2sc(-c3ccc(OC)cc3)c(C(C)O)c2c1=O. The molecule has 4 aromatic rings. The minimum Gasteiger partial charge on any atom is -0.497 e. The maximum Gasteiger partial charge on any atom is 0.343 e. The Morgan fingerprint density at radius 3 is 2.50 bits per heavy atom. The number of halogens is 1. The van der Waals surface area contributed by atoms with E-state index in [1.165, 1.54) is 23.6 Å². The van der Waals surface area contributed by atoms with Crippen molar-refractivity contribution < 1.29 is 23.8 Å². The first-order valence-corrected chi connectivity index (χ1v) is 11.6. The van der Waals surface area contributed by atoms with Crippen molar-refractivity contribution in [1.82, 2.24) is 4.57 Å². The number of aliphatic hydroxyl groups is 1. The molecule has 0 spiro atoms. The van der Waals surface area contributed by atoms with Gasteiger partial charge < -0.3 is 19.1 Å². The summed E-state index contributed by atoms with van der Waals surface area (Å²) >= 11 is 1.31. The Morgan fingerprint density at radius 1 is 1.18 bits per heavy atom. The molecule has 1 atom stereocenters. The number of methoxy groups -OCH3 is 1. The van der Waals surface area contributed by atoms with E-state index >= 15 is 0 Å². The molecule has 176 valence electrons. The zero-order valence-corrected chi connectivity index (χ0v) is 19.8. The van der Waals surface area contributed by atoms with E-state index in [9.17, 15) is 19.1 Å². The van der Waals surface area contributed by atoms with Crippen LogP contribution in [0, 0.1) is 5.82 Å². The van der Waals surface area contributed by atoms with Crippen LogP contribution in [0.4, 0.5) is 4.39 Å². The van der Waals surface area contributed by atoms with Crippen molar-refractivity contribution >= 4 is 27.5 Å². The third-order valence-corrected chi connectivity index (χ3v) is 6.80. The van der Waals surface area contributed by atoms with Gasteiger partial charge >= 0.3 is 5.97 Å². The molecule has 0 aliphatic rings. The molecule has 0 bridgehead atoms. The number of nitrogens with zero attached hydrogens (tertiary/aromatic N) is 1. The van der Waals surface area contributed by atoms with Crippen LogP contribution in [0.1, 0.15) is 41.4 Å². The fourth-order valence-corrected chi connectivity index (χ4v) is 5.27. The standard InChI is InChI=1S/C26H24FNO5S/c1-4-33-26(31)19-14-28(13-17-7-5-6-8-20(17)27)25-22(23(19)30)21(15(2)29)24(34-25)16-9-11-18(32-3)12-10-16/h5-12,14-15,29H,4,13H2,1-3H3. The van der Waals surface area contributed by atoms with Crippen LogP contribution in [-0.4, -0.2) is 29.4 Å². The summed E-state index contributed by atoms with van der Waals surface area (Å²) in [4.78, 5) is 27.3. The molecule has 2 aromatic carbocycles. The van der Waals surface area contributed by atoms with E-state index in [2.05, 4.69) is 0 Å². The number of benzene rings is 2. The van der Waals surface area contributed by atoms with Crippen LogP contribution < -0.4 is 10.2 Å². The zero-order valence-electron chi connectivity index (χ0n) is 19.0. The second-order valence-electron chi connectivity index (χ2n) is 7.74. The second-order valence-corrected chi connectivity index (χ2v) is 8.74. The van der Waals surface area contributed by atoms with E-state index in [0.717, 1.165) is 5.56 Å². The number of hydrogen-bond donors (Lipinski definition) is 1. The Balaban J connectivity index is 2.03. The van der Waals surface area contributed by atoms with Crippen molar-refractivity contribution in [2.75, 3.05) is 13.7 Å². The van der Waals surface area contributed by atoms with Gasteiger partial charge in [0.05, 0.1) is 31.8 Å². The zero-order chi connectivity index (χ0) is 24.4. The molecule has 0 aliphatic carbocycles. The molecule has 0 amide bonds. The average Bonchev–Trinajstić information content (AvgIpc) is 3.24. The predicted molar refractivity (Wildman–Crippen MR) is 130 cm³/mol. The van der Waals surface area contributed by atoms with E-state index in [1.54, 1.807) is 55.9 Å². The van der Waals surface area contributed by atoms with Crippen LogP contribution in [0.5, 0.6) is 5.75 Å². The van der Waals surface area contributed by atoms with Gasteiger partial charge in [-0.25, -0.2) is 9.18 Å². The predicted octanol–water partition coefficient (Wildman–Crippen LogP) is 5.16. The molecule has 2 aromatic heterocycles. The lowest BCUT2D eigenvalue weighted by Gasteiger charge is -2.12. The lowest BCUT2D eigenvalue weighted by atomic mass is 10.0. The Morgan fingerprint density at radius 2 is 1.88 bits per heavy atom.